The average molecular weight is 319 g/mol. The van der Waals surface area contributed by atoms with Gasteiger partial charge in [0, 0.05) is 6.04 Å². The van der Waals surface area contributed by atoms with E-state index in [2.05, 4.69) is 4.72 Å². The van der Waals surface area contributed by atoms with Crippen molar-refractivity contribution in [1.82, 2.24) is 4.72 Å². The Kier molecular flexibility index (Phi) is 5.34. The molecule has 118 valence electrons. The number of nitrogens with one attached hydrogen (secondary N) is 1. The van der Waals surface area contributed by atoms with Gasteiger partial charge in [-0.2, -0.15) is 0 Å². The largest absolute Gasteiger partial charge is 0.395 e. The van der Waals surface area contributed by atoms with Gasteiger partial charge in [0.25, 0.3) is 0 Å². The zero-order valence-corrected chi connectivity index (χ0v) is 13.6. The Morgan fingerprint density at radius 2 is 1.77 bits per heavy atom. The molecule has 22 heavy (non-hydrogen) atoms. The molecule has 1 atom stereocenters. The van der Waals surface area contributed by atoms with Gasteiger partial charge in [0.2, 0.25) is 10.0 Å². The summed E-state index contributed by atoms with van der Waals surface area (Å²) in [7, 11) is -3.65. The minimum Gasteiger partial charge on any atom is -0.395 e. The van der Waals surface area contributed by atoms with Gasteiger partial charge in [-0.25, -0.2) is 13.1 Å². The molecule has 0 saturated carbocycles. The van der Waals surface area contributed by atoms with E-state index in [0.717, 1.165) is 11.1 Å². The molecule has 0 radical (unpaired) electrons. The molecule has 0 aliphatic carbocycles. The third-order valence-electron chi connectivity index (χ3n) is 3.50. The topological polar surface area (TPSA) is 66.4 Å². The van der Waals surface area contributed by atoms with Gasteiger partial charge >= 0.3 is 0 Å². The number of aryl methyl sites for hydroxylation is 2. The number of benzene rings is 2. The Hall–Kier alpha value is -1.69. The molecule has 0 aliphatic rings. The molecule has 2 N–H and O–H groups in total. The van der Waals surface area contributed by atoms with Gasteiger partial charge in [-0.1, -0.05) is 42.5 Å². The van der Waals surface area contributed by atoms with Crippen LogP contribution in [-0.2, 0) is 16.4 Å². The van der Waals surface area contributed by atoms with Gasteiger partial charge in [0.1, 0.15) is 0 Å². The first-order valence-corrected chi connectivity index (χ1v) is 8.65. The van der Waals surface area contributed by atoms with Gasteiger partial charge in [0.15, 0.2) is 0 Å². The first kappa shape index (κ1) is 16.7. The highest BCUT2D eigenvalue weighted by Crippen LogP contribution is 2.17. The standard InChI is InChI=1S/C17H21NO3S/c1-13-8-9-14(2)17(10-13)22(20,21)18-16(12-19)11-15-6-4-3-5-7-15/h3-10,16,18-19H,11-12H2,1-2H3/t16-/m0/s1. The van der Waals surface area contributed by atoms with Crippen LogP contribution in [0, 0.1) is 13.8 Å². The number of rotatable bonds is 6. The van der Waals surface area contributed by atoms with Gasteiger partial charge in [-0.3, -0.25) is 0 Å². The Balaban J connectivity index is 2.20. The highest BCUT2D eigenvalue weighted by Gasteiger charge is 2.21. The van der Waals surface area contributed by atoms with Crippen LogP contribution in [0.4, 0.5) is 0 Å². The molecule has 2 rings (SSSR count). The minimum atomic E-state index is -3.65. The smallest absolute Gasteiger partial charge is 0.241 e. The summed E-state index contributed by atoms with van der Waals surface area (Å²) in [5, 5.41) is 9.49. The summed E-state index contributed by atoms with van der Waals surface area (Å²) >= 11 is 0. The van der Waals surface area contributed by atoms with Gasteiger partial charge in [-0.05, 0) is 43.0 Å². The molecule has 5 heteroatoms. The molecule has 0 aliphatic heterocycles. The summed E-state index contributed by atoms with van der Waals surface area (Å²) in [5.41, 5.74) is 2.55. The van der Waals surface area contributed by atoms with E-state index in [1.165, 1.54) is 0 Å². The second-order valence-corrected chi connectivity index (χ2v) is 7.14. The number of hydrogen-bond acceptors (Lipinski definition) is 3. The summed E-state index contributed by atoms with van der Waals surface area (Å²) in [6.07, 6.45) is 0.446. The molecule has 0 spiro atoms. The molecule has 0 aromatic heterocycles. The summed E-state index contributed by atoms with van der Waals surface area (Å²) in [6, 6.07) is 14.3. The van der Waals surface area contributed by atoms with Crippen molar-refractivity contribution in [2.75, 3.05) is 6.61 Å². The summed E-state index contributed by atoms with van der Waals surface area (Å²) in [4.78, 5) is 0.263. The maximum atomic E-state index is 12.5. The molecule has 0 unspecified atom stereocenters. The predicted octanol–water partition coefficient (Wildman–Crippen LogP) is 2.19. The normalized spacial score (nSPS) is 13.0. The summed E-state index contributed by atoms with van der Waals surface area (Å²) in [6.45, 7) is 3.37. The first-order valence-electron chi connectivity index (χ1n) is 7.17. The van der Waals surface area contributed by atoms with Gasteiger partial charge in [-0.15, -0.1) is 0 Å². The van der Waals surface area contributed by atoms with E-state index in [-0.39, 0.29) is 11.5 Å². The number of aliphatic hydroxyl groups is 1. The third-order valence-corrected chi connectivity index (χ3v) is 5.16. The van der Waals surface area contributed by atoms with Crippen LogP contribution in [-0.4, -0.2) is 26.2 Å². The lowest BCUT2D eigenvalue weighted by Gasteiger charge is -2.18. The second-order valence-electron chi connectivity index (χ2n) is 5.46. The fraction of sp³-hybridized carbons (Fsp3) is 0.294. The Labute approximate surface area is 131 Å². The molecular weight excluding hydrogens is 298 g/mol. The summed E-state index contributed by atoms with van der Waals surface area (Å²) < 4.78 is 27.7. The maximum absolute atomic E-state index is 12.5. The van der Waals surface area contributed by atoms with Crippen molar-refractivity contribution >= 4 is 10.0 Å². The number of hydrogen-bond donors (Lipinski definition) is 2. The van der Waals surface area contributed by atoms with Crippen LogP contribution < -0.4 is 4.72 Å². The molecule has 0 fully saturated rings. The third kappa shape index (κ3) is 4.16. The van der Waals surface area contributed by atoms with Gasteiger partial charge < -0.3 is 5.11 Å². The van der Waals surface area contributed by atoms with Crippen molar-refractivity contribution in [3.63, 3.8) is 0 Å². The van der Waals surface area contributed by atoms with Crippen LogP contribution in [0.15, 0.2) is 53.4 Å². The highest BCUT2D eigenvalue weighted by atomic mass is 32.2. The molecule has 2 aromatic carbocycles. The van der Waals surface area contributed by atoms with E-state index in [4.69, 9.17) is 0 Å². The molecule has 0 bridgehead atoms. The van der Waals surface area contributed by atoms with Crippen LogP contribution in [0.2, 0.25) is 0 Å². The molecule has 2 aromatic rings. The predicted molar refractivity (Wildman–Crippen MR) is 87.3 cm³/mol. The average Bonchev–Trinajstić information content (AvgIpc) is 2.49. The van der Waals surface area contributed by atoms with E-state index < -0.39 is 16.1 Å². The van der Waals surface area contributed by atoms with Crippen molar-refractivity contribution in [3.05, 3.63) is 65.2 Å². The van der Waals surface area contributed by atoms with Crippen LogP contribution in [0.5, 0.6) is 0 Å². The first-order chi connectivity index (χ1) is 10.4. The van der Waals surface area contributed by atoms with Crippen LogP contribution >= 0.6 is 0 Å². The molecule has 0 saturated heterocycles. The van der Waals surface area contributed by atoms with Crippen LogP contribution in [0.25, 0.3) is 0 Å². The fourth-order valence-electron chi connectivity index (χ4n) is 2.32. The lowest BCUT2D eigenvalue weighted by Crippen LogP contribution is -2.39. The van der Waals surface area contributed by atoms with Crippen molar-refractivity contribution in [2.24, 2.45) is 0 Å². The quantitative estimate of drug-likeness (QED) is 0.858. The zero-order chi connectivity index (χ0) is 16.2. The number of aliphatic hydroxyl groups excluding tert-OH is 1. The van der Waals surface area contributed by atoms with Gasteiger partial charge in [0.05, 0.1) is 11.5 Å². The van der Waals surface area contributed by atoms with E-state index >= 15 is 0 Å². The molecule has 0 heterocycles. The molecular formula is C17H21NO3S. The van der Waals surface area contributed by atoms with E-state index in [1.807, 2.05) is 43.3 Å². The highest BCUT2D eigenvalue weighted by molar-refractivity contribution is 7.89. The summed E-state index contributed by atoms with van der Waals surface area (Å²) in [5.74, 6) is 0. The van der Waals surface area contributed by atoms with E-state index in [1.54, 1.807) is 19.1 Å². The van der Waals surface area contributed by atoms with Crippen molar-refractivity contribution in [2.45, 2.75) is 31.2 Å². The maximum Gasteiger partial charge on any atom is 0.241 e. The Bertz CT molecular complexity index is 727. The van der Waals surface area contributed by atoms with Crippen LogP contribution in [0.1, 0.15) is 16.7 Å². The van der Waals surface area contributed by atoms with Crippen molar-refractivity contribution < 1.29 is 13.5 Å². The Morgan fingerprint density at radius 3 is 2.41 bits per heavy atom. The lowest BCUT2D eigenvalue weighted by molar-refractivity contribution is 0.256. The van der Waals surface area contributed by atoms with Crippen LogP contribution in [0.3, 0.4) is 0 Å². The van der Waals surface area contributed by atoms with E-state index in [0.29, 0.717) is 12.0 Å². The fourth-order valence-corrected chi connectivity index (χ4v) is 3.88. The molecule has 4 nitrogen and oxygen atoms in total. The molecule has 0 amide bonds. The monoisotopic (exact) mass is 319 g/mol. The van der Waals surface area contributed by atoms with Crippen molar-refractivity contribution in [1.29, 1.82) is 0 Å². The minimum absolute atomic E-state index is 0.251. The van der Waals surface area contributed by atoms with Crippen molar-refractivity contribution in [3.8, 4) is 0 Å². The van der Waals surface area contributed by atoms with E-state index in [9.17, 15) is 13.5 Å². The lowest BCUT2D eigenvalue weighted by atomic mass is 10.1. The SMILES string of the molecule is Cc1ccc(C)c(S(=O)(=O)N[C@H](CO)Cc2ccccc2)c1. The zero-order valence-electron chi connectivity index (χ0n) is 12.8. The second kappa shape index (κ2) is 7.05. The number of sulfonamides is 1. The Morgan fingerprint density at radius 1 is 1.09 bits per heavy atom.